The van der Waals surface area contributed by atoms with E-state index in [4.69, 9.17) is 22.1 Å². The number of hydrogen-bond donors (Lipinski definition) is 2. The lowest BCUT2D eigenvalue weighted by atomic mass is 10.1. The minimum atomic E-state index is -0.247. The van der Waals surface area contributed by atoms with Crippen LogP contribution < -0.4 is 15.8 Å². The Bertz CT molecular complexity index is 708. The van der Waals surface area contributed by atoms with Crippen LogP contribution in [0.4, 0.5) is 5.69 Å². The van der Waals surface area contributed by atoms with E-state index in [1.807, 2.05) is 45.0 Å². The number of nitrogens with two attached hydrogens (primary N) is 1. The third-order valence-corrected chi connectivity index (χ3v) is 3.26. The summed E-state index contributed by atoms with van der Waals surface area (Å²) in [5.41, 5.74) is 6.87. The van der Waals surface area contributed by atoms with Gasteiger partial charge in [0.25, 0.3) is 0 Å². The summed E-state index contributed by atoms with van der Waals surface area (Å²) in [7, 11) is 0. The molecule has 0 bridgehead atoms. The molecule has 23 heavy (non-hydrogen) atoms. The summed E-state index contributed by atoms with van der Waals surface area (Å²) in [6, 6.07) is 12.5. The number of nitrogens with one attached hydrogen (secondary N) is 1. The average Bonchev–Trinajstić information content (AvgIpc) is 2.40. The molecule has 0 saturated carbocycles. The number of rotatable bonds is 4. The smallest absolute Gasteiger partial charge is 0.224 e. The quantitative estimate of drug-likeness (QED) is 0.826. The van der Waals surface area contributed by atoms with Crippen molar-refractivity contribution in [2.45, 2.75) is 32.7 Å². The molecular formula is C18H21ClN2O2. The monoisotopic (exact) mass is 332 g/mol. The molecule has 0 aliphatic rings. The van der Waals surface area contributed by atoms with Crippen molar-refractivity contribution in [2.24, 2.45) is 0 Å². The zero-order chi connectivity index (χ0) is 17.0. The Labute approximate surface area is 141 Å². The molecule has 2 aromatic rings. The van der Waals surface area contributed by atoms with Gasteiger partial charge in [0, 0.05) is 11.2 Å². The SMILES string of the molecule is CC(C)(C)NC(=O)Cc1cccc(Oc2ccc(N)cc2Cl)c1. The maximum Gasteiger partial charge on any atom is 0.224 e. The molecule has 0 heterocycles. The summed E-state index contributed by atoms with van der Waals surface area (Å²) in [4.78, 5) is 12.0. The lowest BCUT2D eigenvalue weighted by Crippen LogP contribution is -2.41. The molecule has 0 radical (unpaired) electrons. The van der Waals surface area contributed by atoms with Gasteiger partial charge < -0.3 is 15.8 Å². The molecule has 5 heteroatoms. The van der Waals surface area contributed by atoms with Crippen molar-refractivity contribution < 1.29 is 9.53 Å². The van der Waals surface area contributed by atoms with E-state index < -0.39 is 0 Å². The molecule has 4 nitrogen and oxygen atoms in total. The molecule has 2 rings (SSSR count). The number of nitrogen functional groups attached to an aromatic ring is 1. The molecule has 0 spiro atoms. The van der Waals surface area contributed by atoms with Crippen molar-refractivity contribution in [3.05, 3.63) is 53.1 Å². The summed E-state index contributed by atoms with van der Waals surface area (Å²) in [5, 5.41) is 3.38. The van der Waals surface area contributed by atoms with E-state index in [1.165, 1.54) is 0 Å². The van der Waals surface area contributed by atoms with E-state index in [0.717, 1.165) is 5.56 Å². The van der Waals surface area contributed by atoms with E-state index >= 15 is 0 Å². The van der Waals surface area contributed by atoms with Crippen LogP contribution in [0, 0.1) is 0 Å². The Morgan fingerprint density at radius 3 is 2.61 bits per heavy atom. The highest BCUT2D eigenvalue weighted by Crippen LogP contribution is 2.31. The molecule has 0 aliphatic carbocycles. The van der Waals surface area contributed by atoms with Crippen molar-refractivity contribution in [3.8, 4) is 11.5 Å². The lowest BCUT2D eigenvalue weighted by Gasteiger charge is -2.20. The Kier molecular flexibility index (Phi) is 5.16. The van der Waals surface area contributed by atoms with Gasteiger partial charge in [0.05, 0.1) is 11.4 Å². The number of carbonyl (C=O) groups excluding carboxylic acids is 1. The van der Waals surface area contributed by atoms with Crippen LogP contribution in [0.2, 0.25) is 5.02 Å². The Morgan fingerprint density at radius 1 is 1.22 bits per heavy atom. The molecular weight excluding hydrogens is 312 g/mol. The van der Waals surface area contributed by atoms with Gasteiger partial charge in [-0.05, 0) is 56.7 Å². The van der Waals surface area contributed by atoms with Crippen LogP contribution in [0.3, 0.4) is 0 Å². The van der Waals surface area contributed by atoms with Crippen molar-refractivity contribution in [1.29, 1.82) is 0 Å². The highest BCUT2D eigenvalue weighted by molar-refractivity contribution is 6.32. The molecule has 0 saturated heterocycles. The van der Waals surface area contributed by atoms with Crippen LogP contribution in [0.15, 0.2) is 42.5 Å². The summed E-state index contributed by atoms with van der Waals surface area (Å²) >= 11 is 6.11. The Morgan fingerprint density at radius 2 is 1.96 bits per heavy atom. The van der Waals surface area contributed by atoms with E-state index in [2.05, 4.69) is 5.32 Å². The maximum absolute atomic E-state index is 12.0. The van der Waals surface area contributed by atoms with Gasteiger partial charge >= 0.3 is 0 Å². The number of ether oxygens (including phenoxy) is 1. The van der Waals surface area contributed by atoms with Gasteiger partial charge in [-0.2, -0.15) is 0 Å². The minimum absolute atomic E-state index is 0.0276. The number of halogens is 1. The van der Waals surface area contributed by atoms with E-state index in [0.29, 0.717) is 28.6 Å². The molecule has 0 atom stereocenters. The number of hydrogen-bond acceptors (Lipinski definition) is 3. The van der Waals surface area contributed by atoms with Crippen molar-refractivity contribution in [2.75, 3.05) is 5.73 Å². The van der Waals surface area contributed by atoms with Crippen LogP contribution >= 0.6 is 11.6 Å². The molecule has 1 amide bonds. The van der Waals surface area contributed by atoms with Crippen molar-refractivity contribution in [1.82, 2.24) is 5.32 Å². The number of amides is 1. The summed E-state index contributed by atoms with van der Waals surface area (Å²) in [6.07, 6.45) is 0.296. The van der Waals surface area contributed by atoms with Crippen LogP contribution in [0.1, 0.15) is 26.3 Å². The number of anilines is 1. The molecule has 0 fully saturated rings. The normalized spacial score (nSPS) is 11.1. The first-order valence-corrected chi connectivity index (χ1v) is 7.73. The van der Waals surface area contributed by atoms with E-state index in [1.54, 1.807) is 18.2 Å². The Balaban J connectivity index is 2.09. The first kappa shape index (κ1) is 17.2. The Hall–Kier alpha value is -2.20. The van der Waals surface area contributed by atoms with Gasteiger partial charge in [0.2, 0.25) is 5.91 Å². The summed E-state index contributed by atoms with van der Waals surface area (Å²) in [6.45, 7) is 5.86. The number of carbonyl (C=O) groups is 1. The predicted octanol–water partition coefficient (Wildman–Crippen LogP) is 4.17. The predicted molar refractivity (Wildman–Crippen MR) is 94.0 cm³/mol. The second-order valence-corrected chi connectivity index (χ2v) is 6.82. The van der Waals surface area contributed by atoms with Gasteiger partial charge in [-0.1, -0.05) is 23.7 Å². The fraction of sp³-hybridized carbons (Fsp3) is 0.278. The second-order valence-electron chi connectivity index (χ2n) is 6.41. The highest BCUT2D eigenvalue weighted by atomic mass is 35.5. The van der Waals surface area contributed by atoms with Gasteiger partial charge in [-0.15, -0.1) is 0 Å². The first-order valence-electron chi connectivity index (χ1n) is 7.36. The third kappa shape index (κ3) is 5.49. The largest absolute Gasteiger partial charge is 0.456 e. The van der Waals surface area contributed by atoms with Crippen molar-refractivity contribution in [3.63, 3.8) is 0 Å². The standard InChI is InChI=1S/C18H21ClN2O2/c1-18(2,3)21-17(22)10-12-5-4-6-14(9-12)23-16-8-7-13(20)11-15(16)19/h4-9,11H,10,20H2,1-3H3,(H,21,22). The van der Waals surface area contributed by atoms with E-state index in [9.17, 15) is 4.79 Å². The third-order valence-electron chi connectivity index (χ3n) is 2.96. The fourth-order valence-corrected chi connectivity index (χ4v) is 2.32. The first-order chi connectivity index (χ1) is 10.7. The van der Waals surface area contributed by atoms with Crippen LogP contribution in [-0.4, -0.2) is 11.4 Å². The number of benzene rings is 2. The van der Waals surface area contributed by atoms with Gasteiger partial charge in [-0.3, -0.25) is 4.79 Å². The van der Waals surface area contributed by atoms with Crippen LogP contribution in [0.25, 0.3) is 0 Å². The molecule has 0 unspecified atom stereocenters. The molecule has 2 aromatic carbocycles. The molecule has 0 aromatic heterocycles. The molecule has 0 aliphatic heterocycles. The van der Waals surface area contributed by atoms with Crippen molar-refractivity contribution >= 4 is 23.2 Å². The maximum atomic E-state index is 12.0. The van der Waals surface area contributed by atoms with Gasteiger partial charge in [0.1, 0.15) is 11.5 Å². The average molecular weight is 333 g/mol. The second kappa shape index (κ2) is 6.92. The minimum Gasteiger partial charge on any atom is -0.456 e. The fourth-order valence-electron chi connectivity index (χ4n) is 2.09. The molecule has 122 valence electrons. The van der Waals surface area contributed by atoms with Gasteiger partial charge in [-0.25, -0.2) is 0 Å². The highest BCUT2D eigenvalue weighted by Gasteiger charge is 2.14. The molecule has 3 N–H and O–H groups in total. The summed E-state index contributed by atoms with van der Waals surface area (Å²) in [5.74, 6) is 1.12. The lowest BCUT2D eigenvalue weighted by molar-refractivity contribution is -0.121. The topological polar surface area (TPSA) is 64.3 Å². The van der Waals surface area contributed by atoms with Gasteiger partial charge in [0.15, 0.2) is 0 Å². The van der Waals surface area contributed by atoms with E-state index in [-0.39, 0.29) is 11.4 Å². The van der Waals surface area contributed by atoms with Crippen LogP contribution in [0.5, 0.6) is 11.5 Å². The van der Waals surface area contributed by atoms with Crippen LogP contribution in [-0.2, 0) is 11.2 Å². The zero-order valence-electron chi connectivity index (χ0n) is 13.5. The zero-order valence-corrected chi connectivity index (χ0v) is 14.3. The summed E-state index contributed by atoms with van der Waals surface area (Å²) < 4.78 is 5.77.